The number of carbonyl (C=O) groups is 1. The number of nitrogens with one attached hydrogen (secondary N) is 1. The Hall–Kier alpha value is -1.55. The highest BCUT2D eigenvalue weighted by Crippen LogP contribution is 2.37. The van der Waals surface area contributed by atoms with E-state index in [-0.39, 0.29) is 11.6 Å². The SMILES string of the molecule is NN1C(=O)c2ccccc2NC12CCCCCC2. The molecule has 0 atom stereocenters. The van der Waals surface area contributed by atoms with Crippen molar-refractivity contribution in [1.29, 1.82) is 0 Å². The molecule has 1 aliphatic carbocycles. The lowest BCUT2D eigenvalue weighted by Crippen LogP contribution is -2.62. The summed E-state index contributed by atoms with van der Waals surface area (Å²) < 4.78 is 0. The molecule has 1 heterocycles. The van der Waals surface area contributed by atoms with Gasteiger partial charge in [0, 0.05) is 5.69 Å². The molecule has 3 N–H and O–H groups in total. The van der Waals surface area contributed by atoms with Crippen molar-refractivity contribution in [1.82, 2.24) is 5.01 Å². The molecular formula is C14H19N3O. The van der Waals surface area contributed by atoms with Gasteiger partial charge in [-0.15, -0.1) is 0 Å². The molecule has 1 amide bonds. The number of nitrogens with zero attached hydrogens (tertiary/aromatic N) is 1. The summed E-state index contributed by atoms with van der Waals surface area (Å²) in [6.45, 7) is 0. The first kappa shape index (κ1) is 11.5. The van der Waals surface area contributed by atoms with Crippen LogP contribution in [0.2, 0.25) is 0 Å². The maximum absolute atomic E-state index is 12.4. The van der Waals surface area contributed by atoms with Crippen LogP contribution in [0.15, 0.2) is 24.3 Å². The fourth-order valence-corrected chi connectivity index (χ4v) is 3.09. The molecular weight excluding hydrogens is 226 g/mol. The minimum absolute atomic E-state index is 0.0637. The number of hydrogen-bond acceptors (Lipinski definition) is 3. The normalized spacial score (nSPS) is 22.3. The maximum atomic E-state index is 12.4. The fourth-order valence-electron chi connectivity index (χ4n) is 3.09. The Labute approximate surface area is 107 Å². The molecule has 2 aliphatic rings. The molecule has 0 radical (unpaired) electrons. The molecule has 0 unspecified atom stereocenters. The fraction of sp³-hybridized carbons (Fsp3) is 0.500. The minimum atomic E-state index is -0.373. The minimum Gasteiger partial charge on any atom is -0.361 e. The number of hydrazine groups is 1. The molecule has 96 valence electrons. The van der Waals surface area contributed by atoms with E-state index in [1.165, 1.54) is 17.9 Å². The number of fused-ring (bicyclic) bond motifs is 1. The number of para-hydroxylation sites is 1. The molecule has 1 fully saturated rings. The monoisotopic (exact) mass is 245 g/mol. The molecule has 3 rings (SSSR count). The van der Waals surface area contributed by atoms with E-state index in [0.29, 0.717) is 5.56 Å². The number of amides is 1. The Balaban J connectivity index is 2.01. The standard InChI is InChI=1S/C14H19N3O/c15-17-13(18)11-7-3-4-8-12(11)16-14(17)9-5-1-2-6-10-14/h3-4,7-8,16H,1-2,5-6,9-10,15H2. The van der Waals surface area contributed by atoms with E-state index in [1.807, 2.05) is 24.3 Å². The van der Waals surface area contributed by atoms with Gasteiger partial charge in [-0.1, -0.05) is 25.0 Å². The Kier molecular flexibility index (Phi) is 2.74. The second-order valence-electron chi connectivity index (χ2n) is 5.29. The highest BCUT2D eigenvalue weighted by molar-refractivity contribution is 6.01. The summed E-state index contributed by atoms with van der Waals surface area (Å²) >= 11 is 0. The Morgan fingerprint density at radius 2 is 1.78 bits per heavy atom. The second kappa shape index (κ2) is 4.28. The second-order valence-corrected chi connectivity index (χ2v) is 5.29. The highest BCUT2D eigenvalue weighted by atomic mass is 16.2. The third kappa shape index (κ3) is 1.68. The van der Waals surface area contributed by atoms with Crippen molar-refractivity contribution in [2.45, 2.75) is 44.2 Å². The zero-order valence-electron chi connectivity index (χ0n) is 10.5. The number of anilines is 1. The van der Waals surface area contributed by atoms with Crippen LogP contribution >= 0.6 is 0 Å². The number of rotatable bonds is 0. The van der Waals surface area contributed by atoms with Crippen molar-refractivity contribution in [2.24, 2.45) is 5.84 Å². The summed E-state index contributed by atoms with van der Waals surface area (Å²) in [4.78, 5) is 12.4. The summed E-state index contributed by atoms with van der Waals surface area (Å²) in [5.74, 6) is 6.03. The lowest BCUT2D eigenvalue weighted by molar-refractivity contribution is 0.0461. The van der Waals surface area contributed by atoms with E-state index < -0.39 is 0 Å². The van der Waals surface area contributed by atoms with Crippen molar-refractivity contribution in [3.8, 4) is 0 Å². The Morgan fingerprint density at radius 1 is 1.11 bits per heavy atom. The van der Waals surface area contributed by atoms with Crippen LogP contribution in [0.25, 0.3) is 0 Å². The van der Waals surface area contributed by atoms with E-state index >= 15 is 0 Å². The van der Waals surface area contributed by atoms with Crippen LogP contribution in [0.4, 0.5) is 5.69 Å². The molecule has 18 heavy (non-hydrogen) atoms. The Bertz CT molecular complexity index is 464. The topological polar surface area (TPSA) is 58.4 Å². The Morgan fingerprint density at radius 3 is 2.50 bits per heavy atom. The van der Waals surface area contributed by atoms with Gasteiger partial charge in [0.15, 0.2) is 0 Å². The maximum Gasteiger partial charge on any atom is 0.272 e. The predicted octanol–water partition coefficient (Wildman–Crippen LogP) is 2.48. The average Bonchev–Trinajstić information content (AvgIpc) is 2.63. The van der Waals surface area contributed by atoms with Crippen LogP contribution in [0, 0.1) is 0 Å². The van der Waals surface area contributed by atoms with E-state index in [2.05, 4.69) is 5.32 Å². The van der Waals surface area contributed by atoms with Crippen molar-refractivity contribution in [2.75, 3.05) is 5.32 Å². The zero-order chi connectivity index (χ0) is 12.6. The van der Waals surface area contributed by atoms with Gasteiger partial charge in [-0.2, -0.15) is 0 Å². The molecule has 1 saturated carbocycles. The molecule has 1 aromatic carbocycles. The van der Waals surface area contributed by atoms with Gasteiger partial charge in [0.1, 0.15) is 5.66 Å². The van der Waals surface area contributed by atoms with Gasteiger partial charge in [-0.3, -0.25) is 9.80 Å². The van der Waals surface area contributed by atoms with Crippen molar-refractivity contribution < 1.29 is 4.79 Å². The summed E-state index contributed by atoms with van der Waals surface area (Å²) in [7, 11) is 0. The molecule has 4 nitrogen and oxygen atoms in total. The molecule has 0 aromatic heterocycles. The summed E-state index contributed by atoms with van der Waals surface area (Å²) in [6, 6.07) is 7.62. The van der Waals surface area contributed by atoms with Crippen LogP contribution in [-0.4, -0.2) is 16.6 Å². The lowest BCUT2D eigenvalue weighted by atomic mass is 9.94. The summed E-state index contributed by atoms with van der Waals surface area (Å²) in [5.41, 5.74) is 1.23. The summed E-state index contributed by atoms with van der Waals surface area (Å²) in [6.07, 6.45) is 6.57. The first-order valence-electron chi connectivity index (χ1n) is 6.69. The number of carbonyl (C=O) groups excluding carboxylic acids is 1. The molecule has 0 bridgehead atoms. The molecule has 0 saturated heterocycles. The third-order valence-electron chi connectivity index (χ3n) is 4.14. The smallest absolute Gasteiger partial charge is 0.272 e. The van der Waals surface area contributed by atoms with Crippen molar-refractivity contribution in [3.63, 3.8) is 0 Å². The van der Waals surface area contributed by atoms with Gasteiger partial charge in [0.2, 0.25) is 0 Å². The van der Waals surface area contributed by atoms with E-state index in [9.17, 15) is 4.79 Å². The van der Waals surface area contributed by atoms with Gasteiger partial charge in [0.25, 0.3) is 5.91 Å². The van der Waals surface area contributed by atoms with E-state index in [1.54, 1.807) is 0 Å². The van der Waals surface area contributed by atoms with Crippen LogP contribution in [0.5, 0.6) is 0 Å². The zero-order valence-corrected chi connectivity index (χ0v) is 10.5. The van der Waals surface area contributed by atoms with Crippen molar-refractivity contribution in [3.05, 3.63) is 29.8 Å². The van der Waals surface area contributed by atoms with Gasteiger partial charge in [0.05, 0.1) is 5.56 Å². The number of nitrogens with two attached hydrogens (primary N) is 1. The third-order valence-corrected chi connectivity index (χ3v) is 4.14. The molecule has 4 heteroatoms. The average molecular weight is 245 g/mol. The van der Waals surface area contributed by atoms with Crippen LogP contribution < -0.4 is 11.2 Å². The molecule has 1 aromatic rings. The van der Waals surface area contributed by atoms with Gasteiger partial charge < -0.3 is 5.32 Å². The number of hydrogen-bond donors (Lipinski definition) is 2. The van der Waals surface area contributed by atoms with Gasteiger partial charge in [-0.25, -0.2) is 5.84 Å². The number of benzene rings is 1. The largest absolute Gasteiger partial charge is 0.361 e. The van der Waals surface area contributed by atoms with E-state index in [0.717, 1.165) is 31.4 Å². The lowest BCUT2D eigenvalue weighted by Gasteiger charge is -2.45. The van der Waals surface area contributed by atoms with Crippen molar-refractivity contribution >= 4 is 11.6 Å². The molecule has 1 aliphatic heterocycles. The summed E-state index contributed by atoms with van der Waals surface area (Å²) in [5, 5.41) is 4.94. The first-order valence-corrected chi connectivity index (χ1v) is 6.69. The quantitative estimate of drug-likeness (QED) is 0.545. The van der Waals surface area contributed by atoms with Gasteiger partial charge >= 0.3 is 0 Å². The highest BCUT2D eigenvalue weighted by Gasteiger charge is 2.43. The predicted molar refractivity (Wildman–Crippen MR) is 70.9 cm³/mol. The van der Waals surface area contributed by atoms with Gasteiger partial charge in [-0.05, 0) is 37.8 Å². The van der Waals surface area contributed by atoms with Crippen LogP contribution in [0.1, 0.15) is 48.9 Å². The first-order chi connectivity index (χ1) is 8.73. The molecule has 1 spiro atoms. The van der Waals surface area contributed by atoms with Crippen LogP contribution in [0.3, 0.4) is 0 Å². The van der Waals surface area contributed by atoms with Crippen LogP contribution in [-0.2, 0) is 0 Å². The van der Waals surface area contributed by atoms with E-state index in [4.69, 9.17) is 5.84 Å².